The van der Waals surface area contributed by atoms with Crippen LogP contribution < -0.4 is 11.1 Å². The molecule has 1 amide bonds. The van der Waals surface area contributed by atoms with Crippen molar-refractivity contribution in [2.45, 2.75) is 39.7 Å². The zero-order valence-corrected chi connectivity index (χ0v) is 9.42. The standard InChI is InChI=1S/C10H18N4O/c1-4-5-8(11)10(15)12-9-6(2)7(3)13-14-9/h8H,4-5,11H2,1-3H3,(H2,12,13,14,15). The molecule has 0 fully saturated rings. The van der Waals surface area contributed by atoms with Crippen LogP contribution in [0.3, 0.4) is 0 Å². The van der Waals surface area contributed by atoms with Gasteiger partial charge in [-0.15, -0.1) is 0 Å². The summed E-state index contributed by atoms with van der Waals surface area (Å²) >= 11 is 0. The van der Waals surface area contributed by atoms with E-state index < -0.39 is 6.04 Å². The lowest BCUT2D eigenvalue weighted by Crippen LogP contribution is -2.35. The highest BCUT2D eigenvalue weighted by Gasteiger charge is 2.15. The fourth-order valence-electron chi connectivity index (χ4n) is 1.26. The third-order valence-electron chi connectivity index (χ3n) is 2.43. The first-order chi connectivity index (χ1) is 7.06. The third-order valence-corrected chi connectivity index (χ3v) is 2.43. The lowest BCUT2D eigenvalue weighted by Gasteiger charge is -2.09. The molecule has 0 spiro atoms. The van der Waals surface area contributed by atoms with E-state index in [0.717, 1.165) is 17.7 Å². The Morgan fingerprint density at radius 2 is 2.27 bits per heavy atom. The zero-order valence-electron chi connectivity index (χ0n) is 9.42. The molecule has 1 aromatic rings. The largest absolute Gasteiger partial charge is 0.320 e. The number of nitrogens with one attached hydrogen (secondary N) is 2. The monoisotopic (exact) mass is 210 g/mol. The highest BCUT2D eigenvalue weighted by atomic mass is 16.2. The first kappa shape index (κ1) is 11.7. The predicted octanol–water partition coefficient (Wildman–Crippen LogP) is 1.09. The molecule has 84 valence electrons. The van der Waals surface area contributed by atoms with Gasteiger partial charge in [-0.1, -0.05) is 13.3 Å². The highest BCUT2D eigenvalue weighted by Crippen LogP contribution is 2.13. The molecular formula is C10H18N4O. The van der Waals surface area contributed by atoms with Gasteiger partial charge in [-0.3, -0.25) is 9.89 Å². The first-order valence-electron chi connectivity index (χ1n) is 5.14. The Bertz CT molecular complexity index is 345. The average Bonchev–Trinajstić information content (AvgIpc) is 2.50. The van der Waals surface area contributed by atoms with Gasteiger partial charge in [0.25, 0.3) is 0 Å². The van der Waals surface area contributed by atoms with Gasteiger partial charge in [-0.2, -0.15) is 5.10 Å². The molecule has 0 saturated carbocycles. The van der Waals surface area contributed by atoms with Crippen LogP contribution in [-0.4, -0.2) is 22.1 Å². The first-order valence-corrected chi connectivity index (χ1v) is 5.14. The Balaban J connectivity index is 2.62. The second-order valence-electron chi connectivity index (χ2n) is 3.71. The van der Waals surface area contributed by atoms with Gasteiger partial charge in [0.15, 0.2) is 5.82 Å². The maximum Gasteiger partial charge on any atom is 0.242 e. The van der Waals surface area contributed by atoms with E-state index in [9.17, 15) is 4.79 Å². The second-order valence-corrected chi connectivity index (χ2v) is 3.71. The minimum Gasteiger partial charge on any atom is -0.320 e. The maximum absolute atomic E-state index is 11.6. The van der Waals surface area contributed by atoms with E-state index in [0.29, 0.717) is 12.2 Å². The van der Waals surface area contributed by atoms with Gasteiger partial charge >= 0.3 is 0 Å². The van der Waals surface area contributed by atoms with Gasteiger partial charge in [0.05, 0.1) is 6.04 Å². The quantitative estimate of drug-likeness (QED) is 0.695. The van der Waals surface area contributed by atoms with E-state index in [1.165, 1.54) is 0 Å². The van der Waals surface area contributed by atoms with Crippen molar-refractivity contribution >= 4 is 11.7 Å². The van der Waals surface area contributed by atoms with Crippen LogP contribution in [0, 0.1) is 13.8 Å². The van der Waals surface area contributed by atoms with Crippen LogP contribution in [0.5, 0.6) is 0 Å². The van der Waals surface area contributed by atoms with Crippen molar-refractivity contribution in [1.82, 2.24) is 10.2 Å². The summed E-state index contributed by atoms with van der Waals surface area (Å²) in [7, 11) is 0. The number of anilines is 1. The van der Waals surface area contributed by atoms with Gasteiger partial charge in [0.2, 0.25) is 5.91 Å². The number of carbonyl (C=O) groups excluding carboxylic acids is 1. The molecule has 0 saturated heterocycles. The van der Waals surface area contributed by atoms with E-state index in [4.69, 9.17) is 5.73 Å². The normalized spacial score (nSPS) is 12.5. The summed E-state index contributed by atoms with van der Waals surface area (Å²) in [6.45, 7) is 5.81. The zero-order chi connectivity index (χ0) is 11.4. The minimum atomic E-state index is -0.452. The lowest BCUT2D eigenvalue weighted by molar-refractivity contribution is -0.117. The van der Waals surface area contributed by atoms with Crippen LogP contribution in [0.2, 0.25) is 0 Å². The minimum absolute atomic E-state index is 0.175. The van der Waals surface area contributed by atoms with E-state index in [1.807, 2.05) is 20.8 Å². The molecule has 5 heteroatoms. The summed E-state index contributed by atoms with van der Waals surface area (Å²) in [6.07, 6.45) is 1.58. The Kier molecular flexibility index (Phi) is 3.85. The topological polar surface area (TPSA) is 83.8 Å². The molecule has 0 aromatic carbocycles. The molecular weight excluding hydrogens is 192 g/mol. The maximum atomic E-state index is 11.6. The van der Waals surface area contributed by atoms with Gasteiger partial charge in [-0.25, -0.2) is 0 Å². The van der Waals surface area contributed by atoms with Crippen molar-refractivity contribution in [2.24, 2.45) is 5.73 Å². The molecule has 0 bridgehead atoms. The molecule has 1 atom stereocenters. The number of rotatable bonds is 4. The molecule has 5 nitrogen and oxygen atoms in total. The van der Waals surface area contributed by atoms with Crippen molar-refractivity contribution in [2.75, 3.05) is 5.32 Å². The van der Waals surface area contributed by atoms with Crippen molar-refractivity contribution in [3.05, 3.63) is 11.3 Å². The molecule has 1 aromatic heterocycles. The van der Waals surface area contributed by atoms with Gasteiger partial charge < -0.3 is 11.1 Å². The number of carbonyl (C=O) groups is 1. The Hall–Kier alpha value is -1.36. The number of aryl methyl sites for hydroxylation is 1. The van der Waals surface area contributed by atoms with Crippen molar-refractivity contribution < 1.29 is 4.79 Å². The van der Waals surface area contributed by atoms with E-state index in [-0.39, 0.29) is 5.91 Å². The van der Waals surface area contributed by atoms with Gasteiger partial charge in [0, 0.05) is 11.3 Å². The third kappa shape index (κ3) is 2.79. The number of amides is 1. The van der Waals surface area contributed by atoms with Crippen molar-refractivity contribution in [3.63, 3.8) is 0 Å². The van der Waals surface area contributed by atoms with E-state index in [1.54, 1.807) is 0 Å². The fraction of sp³-hybridized carbons (Fsp3) is 0.600. The molecule has 0 radical (unpaired) electrons. The van der Waals surface area contributed by atoms with Crippen LogP contribution in [0.15, 0.2) is 0 Å². The smallest absolute Gasteiger partial charge is 0.242 e. The summed E-state index contributed by atoms with van der Waals surface area (Å²) in [5.74, 6) is 0.399. The van der Waals surface area contributed by atoms with Crippen LogP contribution in [-0.2, 0) is 4.79 Å². The molecule has 1 unspecified atom stereocenters. The summed E-state index contributed by atoms with van der Waals surface area (Å²) in [5, 5.41) is 9.50. The number of aromatic nitrogens is 2. The summed E-state index contributed by atoms with van der Waals surface area (Å²) < 4.78 is 0. The van der Waals surface area contributed by atoms with Crippen molar-refractivity contribution in [1.29, 1.82) is 0 Å². The van der Waals surface area contributed by atoms with Gasteiger partial charge in [0.1, 0.15) is 0 Å². The molecule has 4 N–H and O–H groups in total. The average molecular weight is 210 g/mol. The number of aromatic amines is 1. The molecule has 0 aliphatic carbocycles. The fourth-order valence-corrected chi connectivity index (χ4v) is 1.26. The predicted molar refractivity (Wildman–Crippen MR) is 59.6 cm³/mol. The van der Waals surface area contributed by atoms with Crippen LogP contribution in [0.25, 0.3) is 0 Å². The Labute approximate surface area is 89.4 Å². The molecule has 15 heavy (non-hydrogen) atoms. The summed E-state index contributed by atoms with van der Waals surface area (Å²) in [5.41, 5.74) is 7.59. The number of hydrogen-bond acceptors (Lipinski definition) is 3. The molecule has 0 aliphatic rings. The molecule has 0 aliphatic heterocycles. The number of nitrogens with two attached hydrogens (primary N) is 1. The SMILES string of the molecule is CCCC(N)C(=O)Nc1n[nH]c(C)c1C. The Morgan fingerprint density at radius 3 is 2.73 bits per heavy atom. The number of hydrogen-bond donors (Lipinski definition) is 3. The highest BCUT2D eigenvalue weighted by molar-refractivity contribution is 5.94. The molecule has 1 rings (SSSR count). The van der Waals surface area contributed by atoms with Crippen LogP contribution >= 0.6 is 0 Å². The summed E-state index contributed by atoms with van der Waals surface area (Å²) in [6, 6.07) is -0.452. The van der Waals surface area contributed by atoms with Crippen LogP contribution in [0.4, 0.5) is 5.82 Å². The van der Waals surface area contributed by atoms with Gasteiger partial charge in [-0.05, 0) is 20.3 Å². The van der Waals surface area contributed by atoms with E-state index in [2.05, 4.69) is 15.5 Å². The van der Waals surface area contributed by atoms with Crippen molar-refractivity contribution in [3.8, 4) is 0 Å². The number of H-pyrrole nitrogens is 1. The molecule has 1 heterocycles. The van der Waals surface area contributed by atoms with E-state index >= 15 is 0 Å². The van der Waals surface area contributed by atoms with Crippen LogP contribution in [0.1, 0.15) is 31.0 Å². The second kappa shape index (κ2) is 4.93. The lowest BCUT2D eigenvalue weighted by atomic mass is 10.1. The summed E-state index contributed by atoms with van der Waals surface area (Å²) in [4.78, 5) is 11.6. The number of nitrogens with zero attached hydrogens (tertiary/aromatic N) is 1. The Morgan fingerprint density at radius 1 is 1.60 bits per heavy atom.